The minimum atomic E-state index is -4.95. The number of pyridine rings is 1. The number of hydrogen-bond donors (Lipinski definition) is 3. The van der Waals surface area contributed by atoms with Gasteiger partial charge in [-0.15, -0.1) is 0 Å². The Labute approximate surface area is 357 Å². The van der Waals surface area contributed by atoms with Crippen molar-refractivity contribution < 1.29 is 45.9 Å². The van der Waals surface area contributed by atoms with E-state index >= 15 is 8.78 Å². The van der Waals surface area contributed by atoms with Crippen LogP contribution < -0.4 is 30.5 Å². The summed E-state index contributed by atoms with van der Waals surface area (Å²) < 4.78 is 77.4. The highest BCUT2D eigenvalue weighted by Crippen LogP contribution is 2.43. The van der Waals surface area contributed by atoms with Crippen molar-refractivity contribution in [2.75, 3.05) is 59.8 Å². The van der Waals surface area contributed by atoms with Crippen molar-refractivity contribution in [3.05, 3.63) is 70.5 Å². The Balaban J connectivity index is 1.06. The van der Waals surface area contributed by atoms with Crippen molar-refractivity contribution in [3.8, 4) is 11.8 Å². The van der Waals surface area contributed by atoms with E-state index in [0.717, 1.165) is 17.2 Å². The van der Waals surface area contributed by atoms with Gasteiger partial charge in [-0.25, -0.2) is 13.8 Å². The summed E-state index contributed by atoms with van der Waals surface area (Å²) in [6.07, 6.45) is -3.52. The van der Waals surface area contributed by atoms with Crippen molar-refractivity contribution in [2.24, 2.45) is 0 Å². The van der Waals surface area contributed by atoms with Gasteiger partial charge in [-0.1, -0.05) is 11.6 Å². The Morgan fingerprint density at radius 1 is 1.07 bits per heavy atom. The smallest absolute Gasteiger partial charge is 0.419 e. The van der Waals surface area contributed by atoms with Crippen LogP contribution in [0.5, 0.6) is 5.75 Å². The van der Waals surface area contributed by atoms with E-state index in [0.29, 0.717) is 62.0 Å². The molecule has 2 atom stereocenters. The SMILES string of the molecule is C[C@@H]1CN(CCOc2ccc(N3C(=S)N(c4cnc(C#N)c(C(F)(F)F)c4)C(=O)C3(C)C)cc2C(C)(F)F)CCN1CC(=O)Nc1cc(Cl)cc(NC2CCC(=O)NC2=O)c1. The second kappa shape index (κ2) is 17.5. The maximum atomic E-state index is 15.2. The first-order valence-corrected chi connectivity index (χ1v) is 19.8. The largest absolute Gasteiger partial charge is 0.492 e. The first kappa shape index (κ1) is 45.0. The van der Waals surface area contributed by atoms with Crippen molar-refractivity contribution in [1.29, 1.82) is 5.26 Å². The number of thiocarbonyl (C=S) groups is 1. The van der Waals surface area contributed by atoms with E-state index in [1.54, 1.807) is 18.2 Å². The molecule has 3 aromatic rings. The molecular weight excluding hydrogens is 849 g/mol. The second-order valence-electron chi connectivity index (χ2n) is 15.5. The monoisotopic (exact) mass is 889 g/mol. The number of piperidine rings is 1. The Hall–Kier alpha value is -5.49. The first-order chi connectivity index (χ1) is 28.6. The normalized spacial score (nSPS) is 20.1. The molecule has 3 N–H and O–H groups in total. The molecule has 4 amide bonds. The highest BCUT2D eigenvalue weighted by molar-refractivity contribution is 7.81. The fourth-order valence-electron chi connectivity index (χ4n) is 7.42. The van der Waals surface area contributed by atoms with Crippen LogP contribution in [0.1, 0.15) is 57.4 Å². The number of benzene rings is 2. The zero-order valence-corrected chi connectivity index (χ0v) is 34.9. The highest BCUT2D eigenvalue weighted by atomic mass is 35.5. The number of hydrogen-bond acceptors (Lipinski definition) is 11. The molecule has 0 radical (unpaired) electrons. The average Bonchev–Trinajstić information content (AvgIpc) is 3.34. The molecule has 4 heterocycles. The number of piperazine rings is 1. The van der Waals surface area contributed by atoms with Gasteiger partial charge >= 0.3 is 6.18 Å². The van der Waals surface area contributed by atoms with Crippen LogP contribution in [0.4, 0.5) is 44.7 Å². The minimum absolute atomic E-state index is 0.0344. The number of halogens is 6. The van der Waals surface area contributed by atoms with E-state index in [-0.39, 0.29) is 59.7 Å². The van der Waals surface area contributed by atoms with Gasteiger partial charge in [-0.05, 0) is 81.9 Å². The zero-order valence-electron chi connectivity index (χ0n) is 33.3. The third-order valence-electron chi connectivity index (χ3n) is 10.5. The Morgan fingerprint density at radius 2 is 1.77 bits per heavy atom. The van der Waals surface area contributed by atoms with E-state index in [9.17, 15) is 32.3 Å². The molecule has 2 aromatic carbocycles. The number of imide groups is 1. The molecule has 0 saturated carbocycles. The Morgan fingerprint density at radius 3 is 2.43 bits per heavy atom. The van der Waals surface area contributed by atoms with Gasteiger partial charge in [-0.3, -0.25) is 39.2 Å². The van der Waals surface area contributed by atoms with Gasteiger partial charge < -0.3 is 20.3 Å². The molecule has 61 heavy (non-hydrogen) atoms. The van der Waals surface area contributed by atoms with Crippen LogP contribution in [0.2, 0.25) is 5.02 Å². The number of alkyl halides is 5. The van der Waals surface area contributed by atoms with Crippen molar-refractivity contribution in [3.63, 3.8) is 0 Å². The van der Waals surface area contributed by atoms with Crippen molar-refractivity contribution in [2.45, 2.75) is 70.3 Å². The average molecular weight is 890 g/mol. The molecule has 0 aliphatic carbocycles. The van der Waals surface area contributed by atoms with E-state index in [4.69, 9.17) is 33.8 Å². The number of amides is 4. The summed E-state index contributed by atoms with van der Waals surface area (Å²) in [7, 11) is 0. The van der Waals surface area contributed by atoms with E-state index in [1.165, 1.54) is 36.9 Å². The number of nitrogens with zero attached hydrogens (tertiary/aromatic N) is 6. The molecule has 14 nitrogen and oxygen atoms in total. The topological polar surface area (TPSA) is 163 Å². The predicted molar refractivity (Wildman–Crippen MR) is 219 cm³/mol. The van der Waals surface area contributed by atoms with Gasteiger partial charge in [0.2, 0.25) is 17.7 Å². The Bertz CT molecular complexity index is 2300. The van der Waals surface area contributed by atoms with Gasteiger partial charge in [0.25, 0.3) is 11.8 Å². The summed E-state index contributed by atoms with van der Waals surface area (Å²) in [6, 6.07) is 10.0. The number of aromatic nitrogens is 1. The van der Waals surface area contributed by atoms with Gasteiger partial charge in [0.05, 0.1) is 29.6 Å². The summed E-state index contributed by atoms with van der Waals surface area (Å²) in [5.74, 6) is -5.34. The van der Waals surface area contributed by atoms with E-state index < -0.39 is 52.3 Å². The summed E-state index contributed by atoms with van der Waals surface area (Å²) in [6.45, 7) is 7.66. The number of anilines is 4. The van der Waals surface area contributed by atoms with Gasteiger partial charge in [0.15, 0.2) is 10.8 Å². The number of nitrogens with one attached hydrogen (secondary N) is 3. The van der Waals surface area contributed by atoms with Gasteiger partial charge in [0, 0.05) is 67.7 Å². The van der Waals surface area contributed by atoms with E-state index in [1.807, 2.05) is 11.8 Å². The van der Waals surface area contributed by atoms with Crippen LogP contribution in [-0.4, -0.2) is 100 Å². The van der Waals surface area contributed by atoms with Gasteiger partial charge in [-0.2, -0.15) is 18.4 Å². The lowest BCUT2D eigenvalue weighted by Gasteiger charge is -2.39. The third kappa shape index (κ3) is 10.0. The highest BCUT2D eigenvalue weighted by Gasteiger charge is 2.51. The standard InChI is InChI=1S/C40H41ClF5N9O5S/c1-22-20-52(9-10-53(22)21-34(57)50-25-14-23(41)13-24(15-25)49-30-6-8-33(56)51-35(30)58)11-12-60-32-7-5-26(16-29(32)39(4,42)43)55-37(61)54(36(59)38(55,2)3)27-17-28(40(44,45)46)31(18-47)48-19-27/h5,7,13-17,19,22,30,49H,6,8-12,20-21H2,1-4H3,(H,50,57)(H,51,56,58)/t22-,30?/m1/s1. The molecule has 1 unspecified atom stereocenters. The van der Waals surface area contributed by atoms with Crippen LogP contribution in [0.25, 0.3) is 0 Å². The molecule has 3 aliphatic heterocycles. The Kier molecular flexibility index (Phi) is 12.9. The third-order valence-corrected chi connectivity index (χ3v) is 11.1. The number of carbonyl (C=O) groups excluding carboxylic acids is 4. The number of ether oxygens (including phenoxy) is 1. The lowest BCUT2D eigenvalue weighted by Crippen LogP contribution is -2.54. The van der Waals surface area contributed by atoms with Crippen LogP contribution >= 0.6 is 23.8 Å². The summed E-state index contributed by atoms with van der Waals surface area (Å²) in [5, 5.41) is 17.4. The maximum absolute atomic E-state index is 15.2. The number of rotatable bonds is 12. The summed E-state index contributed by atoms with van der Waals surface area (Å²) >= 11 is 11.8. The molecule has 21 heteroatoms. The van der Waals surface area contributed by atoms with Crippen LogP contribution in [0.15, 0.2) is 48.7 Å². The molecule has 0 bridgehead atoms. The molecule has 0 spiro atoms. The quantitative estimate of drug-likeness (QED) is 0.112. The molecule has 3 fully saturated rings. The van der Waals surface area contributed by atoms with E-state index in [2.05, 4.69) is 25.8 Å². The zero-order chi connectivity index (χ0) is 44.6. The second-order valence-corrected chi connectivity index (χ2v) is 16.3. The van der Waals surface area contributed by atoms with Crippen LogP contribution in [0, 0.1) is 11.3 Å². The molecule has 1 aromatic heterocycles. The van der Waals surface area contributed by atoms with Crippen molar-refractivity contribution >= 4 is 75.3 Å². The lowest BCUT2D eigenvalue weighted by atomic mass is 10.0. The summed E-state index contributed by atoms with van der Waals surface area (Å²) in [5.41, 5.74) is -3.62. The molecular formula is C40H41ClF5N9O5S. The van der Waals surface area contributed by atoms with Crippen molar-refractivity contribution in [1.82, 2.24) is 20.1 Å². The molecule has 3 saturated heterocycles. The minimum Gasteiger partial charge on any atom is -0.492 e. The first-order valence-electron chi connectivity index (χ1n) is 19.0. The molecule has 6 rings (SSSR count). The predicted octanol–water partition coefficient (Wildman–Crippen LogP) is 5.89. The fraction of sp³-hybridized carbons (Fsp3) is 0.425. The molecule has 3 aliphatic rings. The fourth-order valence-corrected chi connectivity index (χ4v) is 8.18. The maximum Gasteiger partial charge on any atom is 0.419 e. The molecule has 324 valence electrons. The number of nitriles is 1. The number of carbonyl (C=O) groups is 4. The lowest BCUT2D eigenvalue weighted by molar-refractivity contribution is -0.138. The summed E-state index contributed by atoms with van der Waals surface area (Å²) in [4.78, 5) is 60.2. The van der Waals surface area contributed by atoms with Gasteiger partial charge in [0.1, 0.15) is 30.0 Å². The van der Waals surface area contributed by atoms with Crippen LogP contribution in [0.3, 0.4) is 0 Å². The van der Waals surface area contributed by atoms with Crippen LogP contribution in [-0.2, 0) is 31.3 Å².